The van der Waals surface area contributed by atoms with E-state index in [4.69, 9.17) is 0 Å². The van der Waals surface area contributed by atoms with Gasteiger partial charge in [-0.25, -0.2) is 16.8 Å². The smallest absolute Gasteiger partial charge is 0.229 e. The van der Waals surface area contributed by atoms with Gasteiger partial charge in [-0.2, -0.15) is 30.6 Å². The molecule has 126 valence electrons. The zero-order chi connectivity index (χ0) is 16.9. The van der Waals surface area contributed by atoms with Gasteiger partial charge in [0.25, 0.3) is 10.0 Å². The van der Waals surface area contributed by atoms with Crippen LogP contribution in [-0.2, 0) is 19.9 Å². The van der Waals surface area contributed by atoms with E-state index in [2.05, 4.69) is 0 Å². The van der Waals surface area contributed by atoms with Crippen LogP contribution in [0.25, 0.3) is 0 Å². The second-order valence-electron chi connectivity index (χ2n) is 4.54. The second kappa shape index (κ2) is 4.98. The van der Waals surface area contributed by atoms with Gasteiger partial charge in [-0.05, 0) is 0 Å². The monoisotopic (exact) mass is 363 g/mol. The molecule has 0 bridgehead atoms. The number of sulfone groups is 1. The van der Waals surface area contributed by atoms with E-state index >= 15 is 0 Å². The molecule has 21 heavy (non-hydrogen) atoms. The highest BCUT2D eigenvalue weighted by Gasteiger charge is 2.76. The van der Waals surface area contributed by atoms with E-state index in [0.717, 1.165) is 0 Å². The standard InChI is InChI=1S/C8H11F6NO4S2/c1-6(9,10)7(11,12)8(13,14)21(18,19)15-2-4-20(16,17)5-3-15/h2-5H2,1H3. The van der Waals surface area contributed by atoms with Gasteiger partial charge >= 0.3 is 17.1 Å². The van der Waals surface area contributed by atoms with Crippen LogP contribution in [0.5, 0.6) is 0 Å². The lowest BCUT2D eigenvalue weighted by atomic mass is 10.2. The summed E-state index contributed by atoms with van der Waals surface area (Å²) in [5, 5.41) is -6.07. The van der Waals surface area contributed by atoms with Crippen molar-refractivity contribution in [1.82, 2.24) is 4.31 Å². The molecule has 0 aromatic rings. The molecule has 1 saturated heterocycles. The van der Waals surface area contributed by atoms with Gasteiger partial charge < -0.3 is 0 Å². The average molecular weight is 363 g/mol. The summed E-state index contributed by atoms with van der Waals surface area (Å²) < 4.78 is 123. The fraction of sp³-hybridized carbons (Fsp3) is 1.00. The zero-order valence-corrected chi connectivity index (χ0v) is 12.1. The van der Waals surface area contributed by atoms with Gasteiger partial charge in [-0.3, -0.25) is 0 Å². The molecule has 0 saturated carbocycles. The molecule has 0 aromatic carbocycles. The fourth-order valence-electron chi connectivity index (χ4n) is 1.52. The first kappa shape index (κ1) is 18.5. The van der Waals surface area contributed by atoms with Crippen molar-refractivity contribution in [1.29, 1.82) is 0 Å². The quantitative estimate of drug-likeness (QED) is 0.697. The number of alkyl halides is 6. The molecule has 0 spiro atoms. The maximum Gasteiger partial charge on any atom is 0.427 e. The molecular weight excluding hydrogens is 352 g/mol. The summed E-state index contributed by atoms with van der Waals surface area (Å²) in [6.07, 6.45) is 0. The van der Waals surface area contributed by atoms with Gasteiger partial charge in [-0.1, -0.05) is 0 Å². The predicted octanol–water partition coefficient (Wildman–Crippen LogP) is 0.930. The van der Waals surface area contributed by atoms with E-state index in [0.29, 0.717) is 0 Å². The van der Waals surface area contributed by atoms with Crippen LogP contribution in [0.4, 0.5) is 26.3 Å². The van der Waals surface area contributed by atoms with Crippen molar-refractivity contribution in [3.63, 3.8) is 0 Å². The van der Waals surface area contributed by atoms with Crippen LogP contribution >= 0.6 is 0 Å². The first-order valence-corrected chi connectivity index (χ1v) is 8.66. The van der Waals surface area contributed by atoms with Crippen LogP contribution in [0.2, 0.25) is 0 Å². The number of hydrogen-bond donors (Lipinski definition) is 0. The van der Waals surface area contributed by atoms with Crippen molar-refractivity contribution in [2.75, 3.05) is 24.6 Å². The van der Waals surface area contributed by atoms with Gasteiger partial charge in [-0.15, -0.1) is 0 Å². The summed E-state index contributed by atoms with van der Waals surface area (Å²) in [6.45, 7) is -2.52. The molecule has 0 radical (unpaired) electrons. The molecule has 1 rings (SSSR count). The zero-order valence-electron chi connectivity index (χ0n) is 10.5. The van der Waals surface area contributed by atoms with Gasteiger partial charge in [0, 0.05) is 20.0 Å². The Morgan fingerprint density at radius 2 is 1.33 bits per heavy atom. The molecule has 1 aliphatic heterocycles. The highest BCUT2D eigenvalue weighted by molar-refractivity contribution is 7.92. The van der Waals surface area contributed by atoms with Crippen LogP contribution in [0, 0.1) is 0 Å². The van der Waals surface area contributed by atoms with Crippen molar-refractivity contribution < 1.29 is 43.2 Å². The molecule has 0 aliphatic carbocycles. The predicted molar refractivity (Wildman–Crippen MR) is 59.7 cm³/mol. The van der Waals surface area contributed by atoms with Gasteiger partial charge in [0.15, 0.2) is 9.84 Å². The number of rotatable bonds is 4. The molecule has 0 N–H and O–H groups in total. The lowest BCUT2D eigenvalue weighted by Gasteiger charge is -2.35. The topological polar surface area (TPSA) is 71.5 Å². The largest absolute Gasteiger partial charge is 0.427 e. The van der Waals surface area contributed by atoms with Crippen molar-refractivity contribution in [2.24, 2.45) is 0 Å². The molecule has 5 nitrogen and oxygen atoms in total. The number of hydrogen-bond acceptors (Lipinski definition) is 4. The first-order valence-electron chi connectivity index (χ1n) is 5.40. The number of sulfonamides is 1. The van der Waals surface area contributed by atoms with Crippen LogP contribution in [0.15, 0.2) is 0 Å². The molecule has 13 heteroatoms. The van der Waals surface area contributed by atoms with Crippen molar-refractivity contribution in [3.8, 4) is 0 Å². The average Bonchev–Trinajstić information content (AvgIpc) is 2.26. The normalized spacial score (nSPS) is 22.2. The lowest BCUT2D eigenvalue weighted by molar-refractivity contribution is -0.272. The van der Waals surface area contributed by atoms with E-state index in [-0.39, 0.29) is 4.31 Å². The van der Waals surface area contributed by atoms with E-state index in [9.17, 15) is 43.2 Å². The van der Waals surface area contributed by atoms with E-state index in [1.54, 1.807) is 0 Å². The Kier molecular flexibility index (Phi) is 4.38. The third kappa shape index (κ3) is 2.99. The van der Waals surface area contributed by atoms with E-state index < -0.39 is 68.5 Å². The Balaban J connectivity index is 3.18. The number of nitrogens with zero attached hydrogens (tertiary/aromatic N) is 1. The minimum Gasteiger partial charge on any atom is -0.229 e. The van der Waals surface area contributed by atoms with Crippen molar-refractivity contribution in [3.05, 3.63) is 0 Å². The van der Waals surface area contributed by atoms with E-state index in [1.165, 1.54) is 0 Å². The second-order valence-corrected chi connectivity index (χ2v) is 8.82. The van der Waals surface area contributed by atoms with Crippen LogP contribution < -0.4 is 0 Å². The summed E-state index contributed by atoms with van der Waals surface area (Å²) in [7, 11) is -9.82. The van der Waals surface area contributed by atoms with Crippen molar-refractivity contribution >= 4 is 19.9 Å². The van der Waals surface area contributed by atoms with Crippen LogP contribution in [0.3, 0.4) is 0 Å². The number of halogens is 6. The van der Waals surface area contributed by atoms with Gasteiger partial charge in [0.2, 0.25) is 0 Å². The third-order valence-electron chi connectivity index (χ3n) is 2.88. The molecule has 0 aromatic heterocycles. The Labute approximate surface area is 116 Å². The van der Waals surface area contributed by atoms with Crippen molar-refractivity contribution in [2.45, 2.75) is 24.0 Å². The molecule has 1 aliphatic rings. The summed E-state index contributed by atoms with van der Waals surface area (Å²) >= 11 is 0. The maximum absolute atomic E-state index is 13.4. The van der Waals surface area contributed by atoms with E-state index in [1.807, 2.05) is 0 Å². The Morgan fingerprint density at radius 3 is 1.67 bits per heavy atom. The highest BCUT2D eigenvalue weighted by atomic mass is 32.2. The maximum atomic E-state index is 13.4. The highest BCUT2D eigenvalue weighted by Crippen LogP contribution is 2.49. The Bertz CT molecular complexity index is 595. The summed E-state index contributed by atoms with van der Waals surface area (Å²) in [5.74, 6) is -13.1. The fourth-order valence-corrected chi connectivity index (χ4v) is 4.44. The SMILES string of the molecule is CC(F)(F)C(F)(F)C(F)(F)S(=O)(=O)N1CCS(=O)(=O)CC1. The minimum absolute atomic E-state index is 0.215. The molecule has 0 amide bonds. The third-order valence-corrected chi connectivity index (χ3v) is 6.44. The summed E-state index contributed by atoms with van der Waals surface area (Å²) in [5.41, 5.74) is 0. The Morgan fingerprint density at radius 1 is 0.952 bits per heavy atom. The summed E-state index contributed by atoms with van der Waals surface area (Å²) in [4.78, 5) is 0. The lowest BCUT2D eigenvalue weighted by Crippen LogP contribution is -2.61. The molecule has 0 unspecified atom stereocenters. The first-order chi connectivity index (χ1) is 9.06. The molecule has 1 heterocycles. The van der Waals surface area contributed by atoms with Crippen LogP contribution in [0.1, 0.15) is 6.92 Å². The van der Waals surface area contributed by atoms with Crippen LogP contribution in [-0.4, -0.2) is 62.8 Å². The van der Waals surface area contributed by atoms with Gasteiger partial charge in [0.05, 0.1) is 11.5 Å². The molecule has 0 atom stereocenters. The molecule has 1 fully saturated rings. The van der Waals surface area contributed by atoms with Gasteiger partial charge in [0.1, 0.15) is 0 Å². The molecular formula is C8H11F6NO4S2. The Hall–Kier alpha value is -0.560. The minimum atomic E-state index is -6.15. The summed E-state index contributed by atoms with van der Waals surface area (Å²) in [6, 6.07) is 0.